The monoisotopic (exact) mass is 310 g/mol. The molecular formula is C15H22N2O3S. The van der Waals surface area contributed by atoms with Gasteiger partial charge in [-0.25, -0.2) is 13.1 Å². The van der Waals surface area contributed by atoms with Crippen LogP contribution in [0, 0.1) is 5.92 Å². The first-order chi connectivity index (χ1) is 9.96. The molecule has 6 heteroatoms. The number of benzene rings is 1. The maximum atomic E-state index is 12.0. The molecule has 0 saturated carbocycles. The molecule has 0 aliphatic carbocycles. The summed E-state index contributed by atoms with van der Waals surface area (Å²) in [5, 5.41) is 0. The van der Waals surface area contributed by atoms with Crippen LogP contribution >= 0.6 is 0 Å². The lowest BCUT2D eigenvalue weighted by Crippen LogP contribution is -2.40. The second-order valence-corrected chi connectivity index (χ2v) is 7.35. The number of nitrogens with one attached hydrogen (secondary N) is 1. The molecule has 1 aromatic rings. The van der Waals surface area contributed by atoms with Crippen molar-refractivity contribution in [3.8, 4) is 0 Å². The molecule has 116 valence electrons. The molecule has 1 fully saturated rings. The van der Waals surface area contributed by atoms with E-state index in [1.165, 1.54) is 0 Å². The summed E-state index contributed by atoms with van der Waals surface area (Å²) in [5.74, 6) is 0.421. The van der Waals surface area contributed by atoms with E-state index in [0.29, 0.717) is 12.5 Å². The second kappa shape index (κ2) is 7.04. The maximum Gasteiger partial charge on any atom is 0.219 e. The van der Waals surface area contributed by atoms with Gasteiger partial charge in [0, 0.05) is 26.6 Å². The highest BCUT2D eigenvalue weighted by Gasteiger charge is 2.22. The number of amides is 1. The van der Waals surface area contributed by atoms with Crippen molar-refractivity contribution < 1.29 is 13.2 Å². The zero-order valence-electron chi connectivity index (χ0n) is 12.3. The fraction of sp³-hybridized carbons (Fsp3) is 0.533. The zero-order valence-corrected chi connectivity index (χ0v) is 13.1. The van der Waals surface area contributed by atoms with Gasteiger partial charge in [-0.1, -0.05) is 30.3 Å². The number of sulfonamides is 1. The minimum atomic E-state index is -3.29. The van der Waals surface area contributed by atoms with E-state index in [4.69, 9.17) is 0 Å². The van der Waals surface area contributed by atoms with Crippen molar-refractivity contribution in [2.75, 3.05) is 19.6 Å². The van der Waals surface area contributed by atoms with Gasteiger partial charge in [-0.05, 0) is 24.3 Å². The van der Waals surface area contributed by atoms with E-state index in [2.05, 4.69) is 4.72 Å². The predicted octanol–water partition coefficient (Wildman–Crippen LogP) is 1.36. The Hall–Kier alpha value is -1.40. The Kier molecular flexibility index (Phi) is 5.36. The second-order valence-electron chi connectivity index (χ2n) is 5.54. The molecule has 0 bridgehead atoms. The van der Waals surface area contributed by atoms with Crippen LogP contribution < -0.4 is 4.72 Å². The van der Waals surface area contributed by atoms with Crippen molar-refractivity contribution in [2.45, 2.75) is 25.5 Å². The molecule has 1 aliphatic heterocycles. The Morgan fingerprint density at radius 2 is 1.86 bits per heavy atom. The number of likely N-dealkylation sites (tertiary alicyclic amines) is 1. The van der Waals surface area contributed by atoms with Crippen LogP contribution in [0.15, 0.2) is 30.3 Å². The van der Waals surface area contributed by atoms with Crippen molar-refractivity contribution in [2.24, 2.45) is 5.92 Å². The molecule has 1 amide bonds. The van der Waals surface area contributed by atoms with E-state index >= 15 is 0 Å². The smallest absolute Gasteiger partial charge is 0.219 e. The zero-order chi connectivity index (χ0) is 15.3. The van der Waals surface area contributed by atoms with E-state index in [1.54, 1.807) is 6.92 Å². The third-order valence-corrected chi connectivity index (χ3v) is 5.17. The van der Waals surface area contributed by atoms with Crippen molar-refractivity contribution in [1.82, 2.24) is 9.62 Å². The van der Waals surface area contributed by atoms with Gasteiger partial charge >= 0.3 is 0 Å². The fourth-order valence-corrected chi connectivity index (χ4v) is 3.76. The SMILES string of the molecule is CC(=O)N1CCC(CNS(=O)(=O)Cc2ccccc2)CC1. The van der Waals surface area contributed by atoms with Gasteiger partial charge in [0.25, 0.3) is 0 Å². The van der Waals surface area contributed by atoms with Crippen LogP contribution in [0.5, 0.6) is 0 Å². The highest BCUT2D eigenvalue weighted by molar-refractivity contribution is 7.88. The molecule has 0 unspecified atom stereocenters. The summed E-state index contributed by atoms with van der Waals surface area (Å²) in [6.45, 7) is 3.48. The van der Waals surface area contributed by atoms with Gasteiger partial charge in [-0.15, -0.1) is 0 Å². The van der Waals surface area contributed by atoms with E-state index in [0.717, 1.165) is 31.5 Å². The summed E-state index contributed by atoms with van der Waals surface area (Å²) >= 11 is 0. The number of rotatable bonds is 5. The minimum Gasteiger partial charge on any atom is -0.343 e. The summed E-state index contributed by atoms with van der Waals surface area (Å²) < 4.78 is 26.8. The van der Waals surface area contributed by atoms with Gasteiger partial charge in [0.2, 0.25) is 15.9 Å². The number of carbonyl (C=O) groups is 1. The van der Waals surface area contributed by atoms with Crippen molar-refractivity contribution >= 4 is 15.9 Å². The van der Waals surface area contributed by atoms with Crippen LogP contribution in [0.1, 0.15) is 25.3 Å². The summed E-state index contributed by atoms with van der Waals surface area (Å²) in [6, 6.07) is 9.16. The standard InChI is InChI=1S/C15H22N2O3S/c1-13(18)17-9-7-14(8-10-17)11-16-21(19,20)12-15-5-3-2-4-6-15/h2-6,14,16H,7-12H2,1H3. The molecule has 0 aromatic heterocycles. The van der Waals surface area contributed by atoms with Gasteiger partial charge in [-0.2, -0.15) is 0 Å². The van der Waals surface area contributed by atoms with Crippen LogP contribution in [0.3, 0.4) is 0 Å². The average Bonchev–Trinajstić information content (AvgIpc) is 2.46. The first kappa shape index (κ1) is 16.0. The Balaban J connectivity index is 1.79. The van der Waals surface area contributed by atoms with E-state index in [9.17, 15) is 13.2 Å². The van der Waals surface area contributed by atoms with Crippen molar-refractivity contribution in [3.05, 3.63) is 35.9 Å². The molecule has 5 nitrogen and oxygen atoms in total. The molecule has 0 radical (unpaired) electrons. The number of hydrogen-bond donors (Lipinski definition) is 1. The van der Waals surface area contributed by atoms with Gasteiger partial charge in [-0.3, -0.25) is 4.79 Å². The third kappa shape index (κ3) is 5.13. The number of carbonyl (C=O) groups excluding carboxylic acids is 1. The number of piperidine rings is 1. The molecule has 1 heterocycles. The number of nitrogens with zero attached hydrogens (tertiary/aromatic N) is 1. The molecule has 1 saturated heterocycles. The van der Waals surface area contributed by atoms with Crippen LogP contribution in [0.4, 0.5) is 0 Å². The number of hydrogen-bond acceptors (Lipinski definition) is 3. The fourth-order valence-electron chi connectivity index (χ4n) is 2.54. The Morgan fingerprint density at radius 3 is 2.43 bits per heavy atom. The molecular weight excluding hydrogens is 288 g/mol. The van der Waals surface area contributed by atoms with Gasteiger partial charge in [0.15, 0.2) is 0 Å². The third-order valence-electron chi connectivity index (χ3n) is 3.85. The van der Waals surface area contributed by atoms with Crippen LogP contribution in [0.25, 0.3) is 0 Å². The first-order valence-corrected chi connectivity index (χ1v) is 8.88. The highest BCUT2D eigenvalue weighted by Crippen LogP contribution is 2.17. The van der Waals surface area contributed by atoms with Crippen molar-refractivity contribution in [1.29, 1.82) is 0 Å². The van der Waals surface area contributed by atoms with Crippen LogP contribution in [0.2, 0.25) is 0 Å². The summed E-state index contributed by atoms with van der Waals surface area (Å²) in [6.07, 6.45) is 1.71. The molecule has 21 heavy (non-hydrogen) atoms. The summed E-state index contributed by atoms with van der Waals surface area (Å²) in [5.41, 5.74) is 0.788. The summed E-state index contributed by atoms with van der Waals surface area (Å²) in [7, 11) is -3.29. The lowest BCUT2D eigenvalue weighted by Gasteiger charge is -2.31. The van der Waals surface area contributed by atoms with E-state index < -0.39 is 10.0 Å². The summed E-state index contributed by atoms with van der Waals surface area (Å²) in [4.78, 5) is 13.1. The maximum absolute atomic E-state index is 12.0. The Labute approximate surface area is 126 Å². The normalized spacial score (nSPS) is 16.9. The molecule has 1 aliphatic rings. The molecule has 0 atom stereocenters. The van der Waals surface area contributed by atoms with Gasteiger partial charge < -0.3 is 4.90 Å². The van der Waals surface area contributed by atoms with E-state index in [-0.39, 0.29) is 11.7 Å². The Bertz CT molecular complexity index is 564. The Morgan fingerprint density at radius 1 is 1.24 bits per heavy atom. The minimum absolute atomic E-state index is 0.0140. The molecule has 0 spiro atoms. The molecule has 2 rings (SSSR count). The topological polar surface area (TPSA) is 66.5 Å². The highest BCUT2D eigenvalue weighted by atomic mass is 32.2. The van der Waals surface area contributed by atoms with Crippen LogP contribution in [-0.4, -0.2) is 38.9 Å². The molecule has 1 N–H and O–H groups in total. The molecule has 1 aromatic carbocycles. The quantitative estimate of drug-likeness (QED) is 0.893. The predicted molar refractivity (Wildman–Crippen MR) is 82.0 cm³/mol. The largest absolute Gasteiger partial charge is 0.343 e. The van der Waals surface area contributed by atoms with Crippen molar-refractivity contribution in [3.63, 3.8) is 0 Å². The van der Waals surface area contributed by atoms with Gasteiger partial charge in [0.1, 0.15) is 0 Å². The van der Waals surface area contributed by atoms with Gasteiger partial charge in [0.05, 0.1) is 5.75 Å². The average molecular weight is 310 g/mol. The van der Waals surface area contributed by atoms with E-state index in [1.807, 2.05) is 35.2 Å². The van der Waals surface area contributed by atoms with Crippen LogP contribution in [-0.2, 0) is 20.6 Å². The first-order valence-electron chi connectivity index (χ1n) is 7.23. The lowest BCUT2D eigenvalue weighted by atomic mass is 9.97. The lowest BCUT2D eigenvalue weighted by molar-refractivity contribution is -0.130.